The Morgan fingerprint density at radius 3 is 2.97 bits per heavy atom. The van der Waals surface area contributed by atoms with Crippen molar-refractivity contribution >= 4 is 33.2 Å². The maximum absolute atomic E-state index is 5.97. The van der Waals surface area contributed by atoms with E-state index in [0.29, 0.717) is 12.0 Å². The number of rotatable bonds is 4. The summed E-state index contributed by atoms with van der Waals surface area (Å²) < 4.78 is 14.5. The summed E-state index contributed by atoms with van der Waals surface area (Å²) in [7, 11) is 0. The number of nitrogens with one attached hydrogen (secondary N) is 1. The van der Waals surface area contributed by atoms with Crippen molar-refractivity contribution in [3.05, 3.63) is 47.2 Å². The van der Waals surface area contributed by atoms with Crippen LogP contribution in [-0.2, 0) is 11.2 Å². The molecular weight excluding hydrogens is 410 g/mol. The van der Waals surface area contributed by atoms with Crippen molar-refractivity contribution in [3.8, 4) is 16.9 Å². The lowest BCUT2D eigenvalue weighted by atomic mass is 10.0. The molecule has 31 heavy (non-hydrogen) atoms. The topological polar surface area (TPSA) is 74.1 Å². The van der Waals surface area contributed by atoms with Gasteiger partial charge in [0, 0.05) is 41.8 Å². The highest BCUT2D eigenvalue weighted by atomic mass is 32.1. The van der Waals surface area contributed by atoms with Gasteiger partial charge in [-0.15, -0.1) is 11.3 Å². The van der Waals surface area contributed by atoms with Crippen molar-refractivity contribution in [2.24, 2.45) is 0 Å². The molecule has 4 aromatic rings. The normalized spacial score (nSPS) is 16.4. The molecular formula is C23H23N5O2S. The Labute approximate surface area is 184 Å². The Kier molecular flexibility index (Phi) is 4.61. The number of hydrogen-bond acceptors (Lipinski definition) is 7. The van der Waals surface area contributed by atoms with E-state index in [1.54, 1.807) is 11.3 Å². The van der Waals surface area contributed by atoms with Crippen LogP contribution in [0.4, 0.5) is 11.6 Å². The first-order chi connectivity index (χ1) is 15.3. The van der Waals surface area contributed by atoms with E-state index >= 15 is 0 Å². The fourth-order valence-electron chi connectivity index (χ4n) is 4.48. The summed E-state index contributed by atoms with van der Waals surface area (Å²) >= 11 is 1.72. The highest BCUT2D eigenvalue weighted by Gasteiger charge is 2.22. The number of hydrogen-bond donors (Lipinski definition) is 1. The molecule has 0 aliphatic carbocycles. The zero-order valence-corrected chi connectivity index (χ0v) is 18.1. The van der Waals surface area contributed by atoms with Gasteiger partial charge in [-0.25, -0.2) is 9.97 Å². The van der Waals surface area contributed by atoms with E-state index in [1.807, 2.05) is 23.3 Å². The zero-order valence-electron chi connectivity index (χ0n) is 17.3. The quantitative estimate of drug-likeness (QED) is 0.494. The molecule has 0 unspecified atom stereocenters. The molecule has 6 rings (SSSR count). The minimum absolute atomic E-state index is 0.388. The van der Waals surface area contributed by atoms with Gasteiger partial charge < -0.3 is 14.8 Å². The number of ether oxygens (including phenoxy) is 2. The minimum Gasteiger partial charge on any atom is -0.492 e. The third-order valence-electron chi connectivity index (χ3n) is 6.01. The Balaban J connectivity index is 1.34. The van der Waals surface area contributed by atoms with Crippen molar-refractivity contribution in [1.29, 1.82) is 0 Å². The van der Waals surface area contributed by atoms with Gasteiger partial charge in [-0.3, -0.25) is 4.68 Å². The highest BCUT2D eigenvalue weighted by Crippen LogP contribution is 2.44. The summed E-state index contributed by atoms with van der Waals surface area (Å²) in [6.45, 7) is 4.47. The van der Waals surface area contributed by atoms with Crippen molar-refractivity contribution < 1.29 is 9.47 Å². The second kappa shape index (κ2) is 7.62. The maximum atomic E-state index is 5.97. The summed E-state index contributed by atoms with van der Waals surface area (Å²) in [6.07, 6.45) is 8.71. The molecule has 5 heterocycles. The van der Waals surface area contributed by atoms with Crippen LogP contribution < -0.4 is 10.1 Å². The molecule has 0 saturated carbocycles. The molecule has 0 atom stereocenters. The van der Waals surface area contributed by atoms with Gasteiger partial charge in [-0.1, -0.05) is 18.2 Å². The molecule has 1 saturated heterocycles. The number of para-hydroxylation sites is 1. The molecule has 0 amide bonds. The summed E-state index contributed by atoms with van der Waals surface area (Å²) in [5, 5.41) is 7.87. The first-order valence-corrected chi connectivity index (χ1v) is 11.5. The number of anilines is 2. The first-order valence-electron chi connectivity index (χ1n) is 10.7. The van der Waals surface area contributed by atoms with E-state index in [1.165, 1.54) is 10.4 Å². The smallest absolute Gasteiger partial charge is 0.227 e. The molecule has 1 fully saturated rings. The van der Waals surface area contributed by atoms with Crippen LogP contribution in [-0.4, -0.2) is 39.6 Å². The molecule has 8 heteroatoms. The predicted octanol–water partition coefficient (Wildman–Crippen LogP) is 4.89. The van der Waals surface area contributed by atoms with Crippen molar-refractivity contribution in [1.82, 2.24) is 19.7 Å². The molecule has 2 aliphatic heterocycles. The lowest BCUT2D eigenvalue weighted by Crippen LogP contribution is -2.19. The van der Waals surface area contributed by atoms with Gasteiger partial charge in [0.05, 0.1) is 40.9 Å². The lowest BCUT2D eigenvalue weighted by Gasteiger charge is -2.22. The summed E-state index contributed by atoms with van der Waals surface area (Å²) in [5.74, 6) is 1.57. The van der Waals surface area contributed by atoms with Crippen LogP contribution >= 0.6 is 11.3 Å². The summed E-state index contributed by atoms with van der Waals surface area (Å²) in [5.41, 5.74) is 5.38. The number of aryl methyl sites for hydroxylation is 1. The van der Waals surface area contributed by atoms with E-state index in [-0.39, 0.29) is 0 Å². The average Bonchev–Trinajstić information content (AvgIpc) is 3.52. The monoisotopic (exact) mass is 433 g/mol. The molecule has 1 N–H and O–H groups in total. The van der Waals surface area contributed by atoms with Gasteiger partial charge in [-0.05, 0) is 25.3 Å². The number of fused-ring (bicyclic) bond motifs is 2. The van der Waals surface area contributed by atoms with Crippen LogP contribution in [0.2, 0.25) is 0 Å². The SMILES string of the molecule is Cc1sc2cnc(Nc3cnn(C4CCOCC4)c3)nc2c1-c1cccc2c1OCC2. The zero-order chi connectivity index (χ0) is 20.8. The fraction of sp³-hybridized carbons (Fsp3) is 0.348. The standard InChI is InChI=1S/C23H23N5O2S/c1-14-20(18-4-2-3-15-5-10-30-22(15)18)21-19(31-14)12-24-23(27-21)26-16-11-25-28(13-16)17-6-8-29-9-7-17/h2-4,11-13,17H,5-10H2,1H3,(H,24,26,27). The molecule has 7 nitrogen and oxygen atoms in total. The van der Waals surface area contributed by atoms with Crippen LogP contribution in [0.3, 0.4) is 0 Å². The largest absolute Gasteiger partial charge is 0.492 e. The summed E-state index contributed by atoms with van der Waals surface area (Å²) in [6, 6.07) is 6.77. The van der Waals surface area contributed by atoms with Gasteiger partial charge in [0.25, 0.3) is 0 Å². The van der Waals surface area contributed by atoms with Crippen molar-refractivity contribution in [2.75, 3.05) is 25.1 Å². The molecule has 1 aromatic carbocycles. The van der Waals surface area contributed by atoms with Gasteiger partial charge >= 0.3 is 0 Å². The van der Waals surface area contributed by atoms with E-state index in [2.05, 4.69) is 40.5 Å². The Bertz CT molecular complexity index is 1260. The van der Waals surface area contributed by atoms with Gasteiger partial charge in [-0.2, -0.15) is 5.10 Å². The first kappa shape index (κ1) is 18.8. The Hall–Kier alpha value is -2.97. The van der Waals surface area contributed by atoms with Gasteiger partial charge in [0.2, 0.25) is 5.95 Å². The fourth-order valence-corrected chi connectivity index (χ4v) is 5.47. The molecule has 0 spiro atoms. The number of thiophene rings is 1. The molecule has 158 valence electrons. The average molecular weight is 434 g/mol. The third-order valence-corrected chi connectivity index (χ3v) is 7.04. The second-order valence-electron chi connectivity index (χ2n) is 8.01. The van der Waals surface area contributed by atoms with Crippen LogP contribution in [0.25, 0.3) is 21.3 Å². The second-order valence-corrected chi connectivity index (χ2v) is 9.27. The molecule has 2 aliphatic rings. The van der Waals surface area contributed by atoms with E-state index in [9.17, 15) is 0 Å². The number of nitrogens with zero attached hydrogens (tertiary/aromatic N) is 4. The van der Waals surface area contributed by atoms with Crippen LogP contribution in [0, 0.1) is 6.92 Å². The van der Waals surface area contributed by atoms with Crippen LogP contribution in [0.5, 0.6) is 5.75 Å². The predicted molar refractivity (Wildman–Crippen MR) is 121 cm³/mol. The molecule has 3 aromatic heterocycles. The lowest BCUT2D eigenvalue weighted by molar-refractivity contribution is 0.0662. The van der Waals surface area contributed by atoms with Crippen LogP contribution in [0.1, 0.15) is 29.3 Å². The van der Waals surface area contributed by atoms with Crippen molar-refractivity contribution in [2.45, 2.75) is 32.2 Å². The highest BCUT2D eigenvalue weighted by molar-refractivity contribution is 7.19. The van der Waals surface area contributed by atoms with E-state index in [4.69, 9.17) is 14.5 Å². The van der Waals surface area contributed by atoms with Gasteiger partial charge in [0.1, 0.15) is 5.75 Å². The van der Waals surface area contributed by atoms with Gasteiger partial charge in [0.15, 0.2) is 0 Å². The van der Waals surface area contributed by atoms with E-state index in [0.717, 1.165) is 71.9 Å². The minimum atomic E-state index is 0.388. The number of aromatic nitrogens is 4. The van der Waals surface area contributed by atoms with Crippen LogP contribution in [0.15, 0.2) is 36.8 Å². The Morgan fingerprint density at radius 1 is 1.16 bits per heavy atom. The molecule has 0 radical (unpaired) electrons. The third kappa shape index (κ3) is 3.36. The summed E-state index contributed by atoms with van der Waals surface area (Å²) in [4.78, 5) is 10.7. The molecule has 0 bridgehead atoms. The van der Waals surface area contributed by atoms with Crippen molar-refractivity contribution in [3.63, 3.8) is 0 Å². The Morgan fingerprint density at radius 2 is 2.06 bits per heavy atom. The number of benzene rings is 1. The van der Waals surface area contributed by atoms with E-state index < -0.39 is 0 Å². The maximum Gasteiger partial charge on any atom is 0.227 e.